The predicted molar refractivity (Wildman–Crippen MR) is 76.6 cm³/mol. The molecule has 0 bridgehead atoms. The molecule has 1 aromatic carbocycles. The summed E-state index contributed by atoms with van der Waals surface area (Å²) in [6, 6.07) is 4.60. The molecule has 2 heterocycles. The molecule has 0 spiro atoms. The van der Waals surface area contributed by atoms with Crippen molar-refractivity contribution in [1.29, 1.82) is 0 Å². The molecule has 1 aliphatic heterocycles. The number of hydrogen-bond donors (Lipinski definition) is 3. The van der Waals surface area contributed by atoms with Crippen LogP contribution in [0.5, 0.6) is 0 Å². The van der Waals surface area contributed by atoms with Crippen LogP contribution in [0, 0.1) is 17.5 Å². The van der Waals surface area contributed by atoms with Crippen LogP contribution in [0.4, 0.5) is 18.9 Å². The van der Waals surface area contributed by atoms with Crippen molar-refractivity contribution < 1.29 is 18.0 Å². The van der Waals surface area contributed by atoms with Crippen molar-refractivity contribution in [3.8, 4) is 0 Å². The van der Waals surface area contributed by atoms with E-state index in [-0.39, 0.29) is 6.04 Å². The molecule has 0 radical (unpaired) electrons. The van der Waals surface area contributed by atoms with Crippen molar-refractivity contribution in [2.75, 3.05) is 5.32 Å². The number of nitrogens with one attached hydrogen (secondary N) is 3. The molecule has 1 saturated heterocycles. The molecule has 120 valence electrons. The molecular weight excluding hydrogens is 309 g/mol. The van der Waals surface area contributed by atoms with Crippen LogP contribution in [0.2, 0.25) is 0 Å². The lowest BCUT2D eigenvalue weighted by atomic mass is 10.0. The number of aromatic nitrogens is 1. The molecule has 1 aliphatic rings. The van der Waals surface area contributed by atoms with E-state index in [1.165, 1.54) is 0 Å². The maximum atomic E-state index is 13.6. The van der Waals surface area contributed by atoms with Crippen molar-refractivity contribution in [2.24, 2.45) is 0 Å². The van der Waals surface area contributed by atoms with Gasteiger partial charge in [0, 0.05) is 18.4 Å². The van der Waals surface area contributed by atoms with Crippen molar-refractivity contribution in [1.82, 2.24) is 15.8 Å². The van der Waals surface area contributed by atoms with Gasteiger partial charge in [-0.15, -0.1) is 0 Å². The highest BCUT2D eigenvalue weighted by Gasteiger charge is 2.30. The smallest absolute Gasteiger partial charge is 0.243 e. The zero-order valence-corrected chi connectivity index (χ0v) is 11.8. The van der Waals surface area contributed by atoms with Gasteiger partial charge in [-0.05, 0) is 30.2 Å². The van der Waals surface area contributed by atoms with Gasteiger partial charge in [0.05, 0.1) is 5.69 Å². The SMILES string of the molecule is O=C(Nc1ccc(F)c(F)c1F)C1CC(c2cccnc2)NN1. The molecule has 8 heteroatoms. The Balaban J connectivity index is 1.67. The zero-order valence-electron chi connectivity index (χ0n) is 11.8. The average Bonchev–Trinajstić information content (AvgIpc) is 3.06. The summed E-state index contributed by atoms with van der Waals surface area (Å²) in [5, 5.41) is 2.25. The minimum absolute atomic E-state index is 0.130. The Morgan fingerprint density at radius 1 is 1.17 bits per heavy atom. The van der Waals surface area contributed by atoms with Crippen LogP contribution in [0.25, 0.3) is 0 Å². The third-order valence-corrected chi connectivity index (χ3v) is 3.60. The first-order valence-corrected chi connectivity index (χ1v) is 6.91. The second-order valence-electron chi connectivity index (χ2n) is 5.13. The van der Waals surface area contributed by atoms with Gasteiger partial charge in [-0.1, -0.05) is 6.07 Å². The first-order valence-electron chi connectivity index (χ1n) is 6.91. The number of anilines is 1. The van der Waals surface area contributed by atoms with Crippen LogP contribution in [0.3, 0.4) is 0 Å². The lowest BCUT2D eigenvalue weighted by molar-refractivity contribution is -0.117. The van der Waals surface area contributed by atoms with Gasteiger partial charge >= 0.3 is 0 Å². The van der Waals surface area contributed by atoms with E-state index in [0.29, 0.717) is 6.42 Å². The molecule has 2 atom stereocenters. The van der Waals surface area contributed by atoms with Gasteiger partial charge in [-0.2, -0.15) is 0 Å². The third kappa shape index (κ3) is 3.17. The fourth-order valence-corrected chi connectivity index (χ4v) is 2.37. The van der Waals surface area contributed by atoms with Crippen LogP contribution < -0.4 is 16.2 Å². The number of nitrogens with zero attached hydrogens (tertiary/aromatic N) is 1. The van der Waals surface area contributed by atoms with Crippen LogP contribution in [-0.2, 0) is 4.79 Å². The van der Waals surface area contributed by atoms with E-state index < -0.39 is 35.1 Å². The van der Waals surface area contributed by atoms with Gasteiger partial charge in [0.15, 0.2) is 17.5 Å². The summed E-state index contributed by atoms with van der Waals surface area (Å²) in [5.41, 5.74) is 6.23. The minimum Gasteiger partial charge on any atom is -0.322 e. The molecule has 2 aromatic rings. The number of carbonyl (C=O) groups is 1. The highest BCUT2D eigenvalue weighted by Crippen LogP contribution is 2.23. The van der Waals surface area contributed by atoms with Crippen LogP contribution in [0.1, 0.15) is 18.0 Å². The maximum Gasteiger partial charge on any atom is 0.243 e. The average molecular weight is 322 g/mol. The Hall–Kier alpha value is -2.45. The van der Waals surface area contributed by atoms with Gasteiger partial charge in [0.2, 0.25) is 5.91 Å². The molecule has 0 aliphatic carbocycles. The predicted octanol–water partition coefficient (Wildman–Crippen LogP) is 2.05. The molecule has 3 rings (SSSR count). The molecule has 2 unspecified atom stereocenters. The van der Waals surface area contributed by atoms with E-state index in [2.05, 4.69) is 21.2 Å². The van der Waals surface area contributed by atoms with Crippen molar-refractivity contribution >= 4 is 11.6 Å². The van der Waals surface area contributed by atoms with E-state index >= 15 is 0 Å². The van der Waals surface area contributed by atoms with Crippen LogP contribution in [0.15, 0.2) is 36.7 Å². The first-order chi connectivity index (χ1) is 11.1. The Labute approximate surface area is 129 Å². The van der Waals surface area contributed by atoms with E-state index in [4.69, 9.17) is 0 Å². The minimum atomic E-state index is -1.62. The second-order valence-corrected chi connectivity index (χ2v) is 5.13. The number of carbonyl (C=O) groups excluding carboxylic acids is 1. The summed E-state index contributed by atoms with van der Waals surface area (Å²) in [4.78, 5) is 16.1. The summed E-state index contributed by atoms with van der Waals surface area (Å²) in [6.45, 7) is 0. The van der Waals surface area contributed by atoms with Gasteiger partial charge in [-0.3, -0.25) is 9.78 Å². The second kappa shape index (κ2) is 6.35. The molecule has 3 N–H and O–H groups in total. The number of hydrazine groups is 1. The fourth-order valence-electron chi connectivity index (χ4n) is 2.37. The standard InChI is InChI=1S/C15H13F3N4O/c16-9-3-4-10(14(18)13(9)17)20-15(23)12-6-11(21-22-12)8-2-1-5-19-7-8/h1-5,7,11-12,21-22H,6H2,(H,20,23). The third-order valence-electron chi connectivity index (χ3n) is 3.60. The number of benzene rings is 1. The van der Waals surface area contributed by atoms with Crippen molar-refractivity contribution in [3.63, 3.8) is 0 Å². The number of halogens is 3. The summed E-state index contributed by atoms with van der Waals surface area (Å²) in [5.74, 6) is -4.90. The zero-order chi connectivity index (χ0) is 16.4. The largest absolute Gasteiger partial charge is 0.322 e. The first kappa shape index (κ1) is 15.4. The molecule has 1 aromatic heterocycles. The summed E-state index contributed by atoms with van der Waals surface area (Å²) >= 11 is 0. The summed E-state index contributed by atoms with van der Waals surface area (Å²) in [6.07, 6.45) is 3.72. The maximum absolute atomic E-state index is 13.6. The molecule has 5 nitrogen and oxygen atoms in total. The van der Waals surface area contributed by atoms with Gasteiger partial charge in [0.25, 0.3) is 0 Å². The normalized spacial score (nSPS) is 20.5. The topological polar surface area (TPSA) is 66.0 Å². The Morgan fingerprint density at radius 3 is 2.74 bits per heavy atom. The number of hydrogen-bond acceptors (Lipinski definition) is 4. The molecule has 23 heavy (non-hydrogen) atoms. The molecule has 0 saturated carbocycles. The van der Waals surface area contributed by atoms with Gasteiger partial charge < -0.3 is 5.32 Å². The molecular formula is C15H13F3N4O. The Bertz CT molecular complexity index is 726. The van der Waals surface area contributed by atoms with E-state index in [1.54, 1.807) is 18.5 Å². The van der Waals surface area contributed by atoms with E-state index in [0.717, 1.165) is 17.7 Å². The van der Waals surface area contributed by atoms with Gasteiger partial charge in [0.1, 0.15) is 6.04 Å². The monoisotopic (exact) mass is 322 g/mol. The number of rotatable bonds is 3. The Morgan fingerprint density at radius 2 is 2.00 bits per heavy atom. The van der Waals surface area contributed by atoms with Gasteiger partial charge in [-0.25, -0.2) is 24.0 Å². The quantitative estimate of drug-likeness (QED) is 0.757. The molecule has 1 amide bonds. The van der Waals surface area contributed by atoms with E-state index in [9.17, 15) is 18.0 Å². The highest BCUT2D eigenvalue weighted by molar-refractivity contribution is 5.95. The fraction of sp³-hybridized carbons (Fsp3) is 0.200. The van der Waals surface area contributed by atoms with Crippen LogP contribution >= 0.6 is 0 Å². The molecule has 1 fully saturated rings. The number of amides is 1. The van der Waals surface area contributed by atoms with E-state index in [1.807, 2.05) is 6.07 Å². The highest BCUT2D eigenvalue weighted by atomic mass is 19.2. The van der Waals surface area contributed by atoms with Crippen molar-refractivity contribution in [3.05, 3.63) is 59.7 Å². The summed E-state index contributed by atoms with van der Waals surface area (Å²) in [7, 11) is 0. The Kier molecular flexibility index (Phi) is 4.26. The lowest BCUT2D eigenvalue weighted by Crippen LogP contribution is -2.39. The number of pyridine rings is 1. The summed E-state index contributed by atoms with van der Waals surface area (Å²) < 4.78 is 39.6. The van der Waals surface area contributed by atoms with Crippen molar-refractivity contribution in [2.45, 2.75) is 18.5 Å². The lowest BCUT2D eigenvalue weighted by Gasteiger charge is -2.11. The van der Waals surface area contributed by atoms with Crippen LogP contribution in [-0.4, -0.2) is 16.9 Å².